The second-order valence-corrected chi connectivity index (χ2v) is 9.77. The minimum atomic E-state index is -3.61. The molecule has 130 valence electrons. The molecule has 0 radical (unpaired) electrons. The Morgan fingerprint density at radius 2 is 1.96 bits per heavy atom. The van der Waals surface area contributed by atoms with Crippen LogP contribution in [0.4, 0.5) is 0 Å². The Hall–Kier alpha value is -1.43. The second-order valence-electron chi connectivity index (χ2n) is 6.37. The lowest BCUT2D eigenvalue weighted by Gasteiger charge is -2.33. The molecule has 0 spiro atoms. The Morgan fingerprint density at radius 3 is 2.54 bits per heavy atom. The Labute approximate surface area is 146 Å². The number of nitrogens with zero attached hydrogens (tertiary/aromatic N) is 3. The number of nitriles is 1. The molecule has 0 aliphatic carbocycles. The number of sulfonamides is 1. The fraction of sp³-hybridized carbons (Fsp3) is 0.625. The molecule has 1 aromatic heterocycles. The van der Waals surface area contributed by atoms with E-state index < -0.39 is 16.1 Å². The number of hydrogen-bond acceptors (Lipinski definition) is 5. The Kier molecular flexibility index (Phi) is 4.95. The van der Waals surface area contributed by atoms with Crippen molar-refractivity contribution in [3.8, 4) is 6.07 Å². The highest BCUT2D eigenvalue weighted by Gasteiger charge is 2.42. The van der Waals surface area contributed by atoms with E-state index in [4.69, 9.17) is 5.26 Å². The van der Waals surface area contributed by atoms with Crippen molar-refractivity contribution in [2.45, 2.75) is 42.9 Å². The summed E-state index contributed by atoms with van der Waals surface area (Å²) >= 11 is 1.24. The molecule has 0 saturated carbocycles. The van der Waals surface area contributed by atoms with Crippen LogP contribution in [0.15, 0.2) is 16.3 Å². The molecule has 24 heavy (non-hydrogen) atoms. The fourth-order valence-electron chi connectivity index (χ4n) is 3.38. The molecule has 1 unspecified atom stereocenters. The zero-order valence-electron chi connectivity index (χ0n) is 13.6. The normalized spacial score (nSPS) is 23.3. The molecule has 2 saturated heterocycles. The van der Waals surface area contributed by atoms with Gasteiger partial charge in [-0.25, -0.2) is 8.42 Å². The lowest BCUT2D eigenvalue weighted by atomic mass is 9.98. The minimum Gasteiger partial charge on any atom is -0.341 e. The first-order valence-corrected chi connectivity index (χ1v) is 10.5. The largest absolute Gasteiger partial charge is 0.341 e. The Morgan fingerprint density at radius 1 is 1.25 bits per heavy atom. The summed E-state index contributed by atoms with van der Waals surface area (Å²) in [5.41, 5.74) is 0. The number of thiophene rings is 1. The molecule has 1 atom stereocenters. The molecule has 6 nitrogen and oxygen atoms in total. The van der Waals surface area contributed by atoms with E-state index >= 15 is 0 Å². The average Bonchev–Trinajstić information content (AvgIpc) is 3.23. The molecule has 3 heterocycles. The van der Waals surface area contributed by atoms with Crippen LogP contribution in [0.1, 0.15) is 30.6 Å². The standard InChI is InChI=1S/C16H21N3O3S2/c1-12-4-5-15(23-12)24(21,22)19-8-2-3-14(19)16(20)18-9-6-13(11-17)7-10-18/h4-5,13-14H,2-3,6-10H2,1H3. The van der Waals surface area contributed by atoms with Crippen LogP contribution < -0.4 is 0 Å². The highest BCUT2D eigenvalue weighted by molar-refractivity contribution is 7.91. The summed E-state index contributed by atoms with van der Waals surface area (Å²) in [7, 11) is -3.61. The highest BCUT2D eigenvalue weighted by atomic mass is 32.2. The molecule has 0 aromatic carbocycles. The summed E-state index contributed by atoms with van der Waals surface area (Å²) in [5.74, 6) is -0.104. The summed E-state index contributed by atoms with van der Waals surface area (Å²) in [6.45, 7) is 3.35. The van der Waals surface area contributed by atoms with Crippen molar-refractivity contribution < 1.29 is 13.2 Å². The lowest BCUT2D eigenvalue weighted by molar-refractivity contribution is -0.135. The zero-order chi connectivity index (χ0) is 17.3. The third kappa shape index (κ3) is 3.21. The van der Waals surface area contributed by atoms with E-state index in [1.807, 2.05) is 6.92 Å². The minimum absolute atomic E-state index is 0.00607. The maximum Gasteiger partial charge on any atom is 0.253 e. The number of hydrogen-bond donors (Lipinski definition) is 0. The molecule has 8 heteroatoms. The van der Waals surface area contributed by atoms with Gasteiger partial charge in [0.2, 0.25) is 5.91 Å². The molecule has 2 aliphatic rings. The zero-order valence-corrected chi connectivity index (χ0v) is 15.3. The number of carbonyl (C=O) groups excluding carboxylic acids is 1. The van der Waals surface area contributed by atoms with Gasteiger partial charge in [-0.2, -0.15) is 9.57 Å². The topological polar surface area (TPSA) is 81.5 Å². The number of carbonyl (C=O) groups is 1. The molecular weight excluding hydrogens is 346 g/mol. The number of piperidine rings is 1. The van der Waals surface area contributed by atoms with Crippen molar-refractivity contribution in [1.82, 2.24) is 9.21 Å². The van der Waals surface area contributed by atoms with E-state index in [1.54, 1.807) is 17.0 Å². The van der Waals surface area contributed by atoms with Crippen molar-refractivity contribution in [3.63, 3.8) is 0 Å². The third-order valence-corrected chi connectivity index (χ3v) is 8.13. The smallest absolute Gasteiger partial charge is 0.253 e. The van der Waals surface area contributed by atoms with Crippen molar-refractivity contribution in [1.29, 1.82) is 5.26 Å². The predicted octanol–water partition coefficient (Wildman–Crippen LogP) is 1.97. The van der Waals surface area contributed by atoms with Gasteiger partial charge in [-0.3, -0.25) is 4.79 Å². The van der Waals surface area contributed by atoms with Crippen molar-refractivity contribution in [2.24, 2.45) is 5.92 Å². The second kappa shape index (κ2) is 6.82. The molecule has 1 aromatic rings. The van der Waals surface area contributed by atoms with Crippen molar-refractivity contribution >= 4 is 27.3 Å². The molecule has 3 rings (SSSR count). The number of rotatable bonds is 3. The van der Waals surface area contributed by atoms with Crippen LogP contribution in [0.25, 0.3) is 0 Å². The number of amides is 1. The quantitative estimate of drug-likeness (QED) is 0.818. The van der Waals surface area contributed by atoms with Crippen LogP contribution in [0.3, 0.4) is 0 Å². The van der Waals surface area contributed by atoms with E-state index in [-0.39, 0.29) is 11.8 Å². The first kappa shape index (κ1) is 17.4. The van der Waals surface area contributed by atoms with Gasteiger partial charge in [0, 0.05) is 30.4 Å². The van der Waals surface area contributed by atoms with Crippen LogP contribution in [0, 0.1) is 24.2 Å². The SMILES string of the molecule is Cc1ccc(S(=O)(=O)N2CCCC2C(=O)N2CCC(C#N)CC2)s1. The predicted molar refractivity (Wildman–Crippen MR) is 90.9 cm³/mol. The van der Waals surface area contributed by atoms with Gasteiger partial charge < -0.3 is 4.90 Å². The number of likely N-dealkylation sites (tertiary alicyclic amines) is 1. The van der Waals surface area contributed by atoms with E-state index in [0.29, 0.717) is 49.5 Å². The van der Waals surface area contributed by atoms with Gasteiger partial charge >= 0.3 is 0 Å². The van der Waals surface area contributed by atoms with Crippen LogP contribution >= 0.6 is 11.3 Å². The van der Waals surface area contributed by atoms with Crippen LogP contribution in [0.5, 0.6) is 0 Å². The summed E-state index contributed by atoms with van der Waals surface area (Å²) in [5, 5.41) is 8.96. The Balaban J connectivity index is 1.76. The third-order valence-electron chi connectivity index (χ3n) is 4.76. The summed E-state index contributed by atoms with van der Waals surface area (Å²) in [6.07, 6.45) is 2.62. The van der Waals surface area contributed by atoms with Gasteiger partial charge in [-0.1, -0.05) is 0 Å². The van der Waals surface area contributed by atoms with Crippen molar-refractivity contribution in [2.75, 3.05) is 19.6 Å². The maximum absolute atomic E-state index is 12.9. The van der Waals surface area contributed by atoms with Crippen LogP contribution in [-0.4, -0.2) is 49.2 Å². The average molecular weight is 367 g/mol. The summed E-state index contributed by atoms with van der Waals surface area (Å²) in [4.78, 5) is 15.5. The summed E-state index contributed by atoms with van der Waals surface area (Å²) in [6, 6.07) is 5.05. The summed E-state index contributed by atoms with van der Waals surface area (Å²) < 4.78 is 27.4. The number of aryl methyl sites for hydroxylation is 1. The lowest BCUT2D eigenvalue weighted by Crippen LogP contribution is -2.49. The van der Waals surface area contributed by atoms with Crippen LogP contribution in [-0.2, 0) is 14.8 Å². The molecule has 1 amide bonds. The van der Waals surface area contributed by atoms with Gasteiger partial charge in [0.15, 0.2) is 0 Å². The first-order chi connectivity index (χ1) is 11.4. The molecule has 0 N–H and O–H groups in total. The van der Waals surface area contributed by atoms with E-state index in [9.17, 15) is 13.2 Å². The van der Waals surface area contributed by atoms with E-state index in [2.05, 4.69) is 6.07 Å². The molecule has 2 fully saturated rings. The molecular formula is C16H21N3O3S2. The molecule has 2 aliphatic heterocycles. The van der Waals surface area contributed by atoms with E-state index in [1.165, 1.54) is 15.6 Å². The van der Waals surface area contributed by atoms with Gasteiger partial charge in [0.25, 0.3) is 10.0 Å². The first-order valence-electron chi connectivity index (χ1n) is 8.20. The van der Waals surface area contributed by atoms with Crippen LogP contribution in [0.2, 0.25) is 0 Å². The Bertz CT molecular complexity index is 758. The van der Waals surface area contributed by atoms with Crippen molar-refractivity contribution in [3.05, 3.63) is 17.0 Å². The van der Waals surface area contributed by atoms with Gasteiger partial charge in [-0.05, 0) is 44.7 Å². The maximum atomic E-state index is 12.9. The monoisotopic (exact) mass is 367 g/mol. The highest BCUT2D eigenvalue weighted by Crippen LogP contribution is 2.31. The van der Waals surface area contributed by atoms with Gasteiger partial charge in [0.1, 0.15) is 10.3 Å². The van der Waals surface area contributed by atoms with Gasteiger partial charge in [0.05, 0.1) is 6.07 Å². The molecule has 0 bridgehead atoms. The fourth-order valence-corrected chi connectivity index (χ4v) is 6.44. The van der Waals surface area contributed by atoms with E-state index in [0.717, 1.165) is 4.88 Å². The van der Waals surface area contributed by atoms with Gasteiger partial charge in [-0.15, -0.1) is 11.3 Å².